The number of para-hydroxylation sites is 1. The Morgan fingerprint density at radius 1 is 0.968 bits per heavy atom. The minimum absolute atomic E-state index is 0.129. The third-order valence-corrected chi connectivity index (χ3v) is 4.42. The Balaban J connectivity index is 1.59. The lowest BCUT2D eigenvalue weighted by Crippen LogP contribution is -2.42. The van der Waals surface area contributed by atoms with Gasteiger partial charge in [0.05, 0.1) is 0 Å². The lowest BCUT2D eigenvalue weighted by molar-refractivity contribution is -0.123. The molecule has 0 atom stereocenters. The summed E-state index contributed by atoms with van der Waals surface area (Å²) in [6.45, 7) is 2.20. The fourth-order valence-corrected chi connectivity index (χ4v) is 2.91. The highest BCUT2D eigenvalue weighted by Crippen LogP contribution is 2.17. The Kier molecular flexibility index (Phi) is 7.59. The standard InChI is InChI=1S/C24H24FN3O3/c1-18-6-5-7-20(16-18)27-24(30)28(21-12-10-19(25)11-13-21)15-14-26-23(29)17-31-22-8-3-2-4-9-22/h2-13,16H,14-15,17H2,1H3,(H,26,29)(H,27,30). The molecule has 0 bridgehead atoms. The number of aryl methyl sites for hydroxylation is 1. The highest BCUT2D eigenvalue weighted by Gasteiger charge is 2.16. The number of ether oxygens (including phenoxy) is 1. The quantitative estimate of drug-likeness (QED) is 0.568. The predicted molar refractivity (Wildman–Crippen MR) is 119 cm³/mol. The second kappa shape index (κ2) is 10.8. The number of benzene rings is 3. The van der Waals surface area contributed by atoms with Crippen LogP contribution >= 0.6 is 0 Å². The van der Waals surface area contributed by atoms with Crippen LogP contribution in [0, 0.1) is 12.7 Å². The van der Waals surface area contributed by atoms with E-state index in [2.05, 4.69) is 10.6 Å². The van der Waals surface area contributed by atoms with Crippen LogP contribution in [0.25, 0.3) is 0 Å². The molecule has 7 heteroatoms. The Morgan fingerprint density at radius 2 is 1.71 bits per heavy atom. The van der Waals surface area contributed by atoms with Gasteiger partial charge in [-0.15, -0.1) is 0 Å². The van der Waals surface area contributed by atoms with Crippen molar-refractivity contribution >= 4 is 23.3 Å². The molecule has 0 unspecified atom stereocenters. The summed E-state index contributed by atoms with van der Waals surface area (Å²) in [4.78, 5) is 26.4. The monoisotopic (exact) mass is 421 g/mol. The molecule has 0 saturated heterocycles. The first-order valence-corrected chi connectivity index (χ1v) is 9.86. The molecule has 3 aromatic rings. The molecule has 6 nitrogen and oxygen atoms in total. The molecule has 0 fully saturated rings. The van der Waals surface area contributed by atoms with E-state index < -0.39 is 5.82 Å². The van der Waals surface area contributed by atoms with E-state index in [0.717, 1.165) is 5.56 Å². The number of carbonyl (C=O) groups is 2. The van der Waals surface area contributed by atoms with Crippen LogP contribution in [0.4, 0.5) is 20.6 Å². The number of urea groups is 1. The number of rotatable bonds is 8. The van der Waals surface area contributed by atoms with E-state index in [4.69, 9.17) is 4.74 Å². The third kappa shape index (κ3) is 6.85. The van der Waals surface area contributed by atoms with Crippen LogP contribution in [0.15, 0.2) is 78.9 Å². The van der Waals surface area contributed by atoms with Crippen LogP contribution in [-0.4, -0.2) is 31.6 Å². The lowest BCUT2D eigenvalue weighted by atomic mass is 10.2. The number of halogens is 1. The summed E-state index contributed by atoms with van der Waals surface area (Å²) >= 11 is 0. The van der Waals surface area contributed by atoms with E-state index in [0.29, 0.717) is 17.1 Å². The molecular formula is C24H24FN3O3. The van der Waals surface area contributed by atoms with Gasteiger partial charge in [0.1, 0.15) is 11.6 Å². The topological polar surface area (TPSA) is 70.7 Å². The maximum absolute atomic E-state index is 13.3. The van der Waals surface area contributed by atoms with E-state index >= 15 is 0 Å². The average molecular weight is 421 g/mol. The second-order valence-electron chi connectivity index (χ2n) is 6.88. The average Bonchev–Trinajstić information content (AvgIpc) is 2.77. The fourth-order valence-electron chi connectivity index (χ4n) is 2.91. The van der Waals surface area contributed by atoms with Crippen LogP contribution in [0.1, 0.15) is 5.56 Å². The number of nitrogens with one attached hydrogen (secondary N) is 2. The summed E-state index contributed by atoms with van der Waals surface area (Å²) in [5.74, 6) is -0.0979. The van der Waals surface area contributed by atoms with Crippen molar-refractivity contribution in [3.8, 4) is 5.75 Å². The van der Waals surface area contributed by atoms with E-state index in [9.17, 15) is 14.0 Å². The maximum Gasteiger partial charge on any atom is 0.326 e. The minimum Gasteiger partial charge on any atom is -0.484 e. The summed E-state index contributed by atoms with van der Waals surface area (Å²) in [7, 11) is 0. The van der Waals surface area contributed by atoms with Gasteiger partial charge in [0.25, 0.3) is 5.91 Å². The van der Waals surface area contributed by atoms with Crippen molar-refractivity contribution in [3.05, 3.63) is 90.2 Å². The third-order valence-electron chi connectivity index (χ3n) is 4.42. The van der Waals surface area contributed by atoms with Gasteiger partial charge in [-0.3, -0.25) is 9.69 Å². The van der Waals surface area contributed by atoms with Crippen LogP contribution in [0.5, 0.6) is 5.75 Å². The predicted octanol–water partition coefficient (Wildman–Crippen LogP) is 4.37. The molecule has 3 rings (SSSR count). The summed E-state index contributed by atoms with van der Waals surface area (Å²) in [5, 5.41) is 5.57. The zero-order valence-corrected chi connectivity index (χ0v) is 17.2. The molecule has 0 radical (unpaired) electrons. The van der Waals surface area contributed by atoms with E-state index in [1.807, 2.05) is 43.3 Å². The summed E-state index contributed by atoms with van der Waals surface area (Å²) < 4.78 is 18.7. The van der Waals surface area contributed by atoms with Crippen molar-refractivity contribution in [2.45, 2.75) is 6.92 Å². The van der Waals surface area contributed by atoms with Crippen molar-refractivity contribution in [2.75, 3.05) is 29.9 Å². The van der Waals surface area contributed by atoms with Crippen LogP contribution in [-0.2, 0) is 4.79 Å². The molecule has 31 heavy (non-hydrogen) atoms. The number of carbonyl (C=O) groups excluding carboxylic acids is 2. The zero-order chi connectivity index (χ0) is 22.1. The molecule has 3 aromatic carbocycles. The van der Waals surface area contributed by atoms with E-state index in [-0.39, 0.29) is 31.6 Å². The minimum atomic E-state index is -0.394. The maximum atomic E-state index is 13.3. The molecular weight excluding hydrogens is 397 g/mol. The van der Waals surface area contributed by atoms with Gasteiger partial charge in [-0.2, -0.15) is 0 Å². The molecule has 0 aliphatic rings. The van der Waals surface area contributed by atoms with Gasteiger partial charge in [-0.25, -0.2) is 9.18 Å². The van der Waals surface area contributed by atoms with Crippen LogP contribution < -0.4 is 20.3 Å². The largest absolute Gasteiger partial charge is 0.484 e. The highest BCUT2D eigenvalue weighted by molar-refractivity contribution is 6.01. The van der Waals surface area contributed by atoms with Gasteiger partial charge in [0.15, 0.2) is 6.61 Å². The van der Waals surface area contributed by atoms with Gasteiger partial charge in [0, 0.05) is 24.5 Å². The number of hydrogen-bond donors (Lipinski definition) is 2. The smallest absolute Gasteiger partial charge is 0.326 e. The first-order chi connectivity index (χ1) is 15.0. The zero-order valence-electron chi connectivity index (χ0n) is 17.2. The fraction of sp³-hybridized carbons (Fsp3) is 0.167. The molecule has 0 aliphatic carbocycles. The Bertz CT molecular complexity index is 1010. The number of anilines is 2. The summed E-state index contributed by atoms with van der Waals surface area (Å²) in [6.07, 6.45) is 0. The van der Waals surface area contributed by atoms with Gasteiger partial charge >= 0.3 is 6.03 Å². The first kappa shape index (κ1) is 21.8. The molecule has 0 saturated carbocycles. The number of hydrogen-bond acceptors (Lipinski definition) is 3. The molecule has 3 amide bonds. The number of amides is 3. The Hall–Kier alpha value is -3.87. The van der Waals surface area contributed by atoms with Gasteiger partial charge in [-0.1, -0.05) is 30.3 Å². The normalized spacial score (nSPS) is 10.3. The van der Waals surface area contributed by atoms with E-state index in [1.165, 1.54) is 29.2 Å². The van der Waals surface area contributed by atoms with Crippen molar-refractivity contribution in [2.24, 2.45) is 0 Å². The van der Waals surface area contributed by atoms with Crippen molar-refractivity contribution in [1.82, 2.24) is 5.32 Å². The molecule has 0 aliphatic heterocycles. The second-order valence-corrected chi connectivity index (χ2v) is 6.88. The molecule has 2 N–H and O–H groups in total. The van der Waals surface area contributed by atoms with Gasteiger partial charge in [-0.05, 0) is 61.0 Å². The first-order valence-electron chi connectivity index (χ1n) is 9.86. The molecule has 0 spiro atoms. The summed E-state index contributed by atoms with van der Waals surface area (Å²) in [5.41, 5.74) is 2.18. The molecule has 0 heterocycles. The Morgan fingerprint density at radius 3 is 2.42 bits per heavy atom. The van der Waals surface area contributed by atoms with Crippen molar-refractivity contribution in [1.29, 1.82) is 0 Å². The summed E-state index contributed by atoms with van der Waals surface area (Å²) in [6, 6.07) is 21.7. The SMILES string of the molecule is Cc1cccc(NC(=O)N(CCNC(=O)COc2ccccc2)c2ccc(F)cc2)c1. The van der Waals surface area contributed by atoms with Crippen LogP contribution in [0.3, 0.4) is 0 Å². The highest BCUT2D eigenvalue weighted by atomic mass is 19.1. The van der Waals surface area contributed by atoms with Crippen molar-refractivity contribution in [3.63, 3.8) is 0 Å². The lowest BCUT2D eigenvalue weighted by Gasteiger charge is -2.23. The Labute approximate surface area is 180 Å². The van der Waals surface area contributed by atoms with Crippen LogP contribution in [0.2, 0.25) is 0 Å². The van der Waals surface area contributed by atoms with Gasteiger partial charge < -0.3 is 15.4 Å². The molecule has 160 valence electrons. The molecule has 0 aromatic heterocycles. The van der Waals surface area contributed by atoms with Gasteiger partial charge in [0.2, 0.25) is 0 Å². The van der Waals surface area contributed by atoms with Crippen molar-refractivity contribution < 1.29 is 18.7 Å². The van der Waals surface area contributed by atoms with E-state index in [1.54, 1.807) is 18.2 Å². The number of nitrogens with zero attached hydrogens (tertiary/aromatic N) is 1.